The van der Waals surface area contributed by atoms with E-state index in [-0.39, 0.29) is 24.3 Å². The number of benzene rings is 1. The maximum Gasteiger partial charge on any atom is 0.434 e. The Kier molecular flexibility index (Phi) is 6.80. The Morgan fingerprint density at radius 1 is 1.11 bits per heavy atom. The standard InChI is InChI=1S/C26H26F4N6O2/c1-15(36-10-8-21(34-36)37-2)18-7-6-17(24-33-20(26(28,29)30)13-35(24)11-9-27)12-19(18)22-23(16-4-5-16)31-14-32-25(22)38-3/h6-8,10,12-16H,4-5,9,11H2,1-3H3. The summed E-state index contributed by atoms with van der Waals surface area (Å²) in [7, 11) is 3.04. The number of aryl methyl sites for hydroxylation is 1. The van der Waals surface area contributed by atoms with Crippen LogP contribution in [0.25, 0.3) is 22.5 Å². The largest absolute Gasteiger partial charge is 0.480 e. The van der Waals surface area contributed by atoms with Crippen LogP contribution in [0.4, 0.5) is 17.6 Å². The molecule has 1 unspecified atom stereocenters. The number of hydrogen-bond donors (Lipinski definition) is 0. The number of rotatable bonds is 9. The molecular weight excluding hydrogens is 504 g/mol. The monoisotopic (exact) mass is 530 g/mol. The molecule has 4 aromatic rings. The van der Waals surface area contributed by atoms with Gasteiger partial charge in [0.05, 0.1) is 38.1 Å². The van der Waals surface area contributed by atoms with E-state index in [4.69, 9.17) is 9.47 Å². The average Bonchev–Trinajstić information content (AvgIpc) is 3.48. The van der Waals surface area contributed by atoms with Gasteiger partial charge in [-0.3, -0.25) is 4.68 Å². The normalized spacial score (nSPS) is 14.5. The summed E-state index contributed by atoms with van der Waals surface area (Å²) in [6.45, 7) is 0.851. The summed E-state index contributed by atoms with van der Waals surface area (Å²) in [5, 5.41) is 4.45. The Bertz CT molecular complexity index is 1440. The van der Waals surface area contributed by atoms with Gasteiger partial charge >= 0.3 is 6.18 Å². The molecule has 12 heteroatoms. The summed E-state index contributed by atoms with van der Waals surface area (Å²) in [6.07, 6.45) is 1.33. The van der Waals surface area contributed by atoms with Crippen LogP contribution in [-0.4, -0.2) is 50.2 Å². The number of hydrogen-bond acceptors (Lipinski definition) is 6. The summed E-state index contributed by atoms with van der Waals surface area (Å²) < 4.78 is 67.5. The Morgan fingerprint density at radius 3 is 2.53 bits per heavy atom. The van der Waals surface area contributed by atoms with Gasteiger partial charge in [0.2, 0.25) is 11.8 Å². The van der Waals surface area contributed by atoms with Crippen LogP contribution >= 0.6 is 0 Å². The number of nitrogens with zero attached hydrogens (tertiary/aromatic N) is 6. The maximum atomic E-state index is 13.5. The fourth-order valence-corrected chi connectivity index (χ4v) is 4.56. The first kappa shape index (κ1) is 25.7. The van der Waals surface area contributed by atoms with Gasteiger partial charge in [-0.05, 0) is 37.0 Å². The van der Waals surface area contributed by atoms with Crippen molar-refractivity contribution in [2.75, 3.05) is 20.9 Å². The lowest BCUT2D eigenvalue weighted by atomic mass is 9.91. The fourth-order valence-electron chi connectivity index (χ4n) is 4.56. The molecule has 8 nitrogen and oxygen atoms in total. The minimum absolute atomic E-state index is 0.0139. The summed E-state index contributed by atoms with van der Waals surface area (Å²) >= 11 is 0. The van der Waals surface area contributed by atoms with Gasteiger partial charge < -0.3 is 14.0 Å². The zero-order valence-electron chi connectivity index (χ0n) is 21.0. The third kappa shape index (κ3) is 4.82. The van der Waals surface area contributed by atoms with E-state index in [9.17, 15) is 17.6 Å². The molecule has 0 amide bonds. The molecule has 3 aromatic heterocycles. The van der Waals surface area contributed by atoms with Gasteiger partial charge in [-0.2, -0.15) is 13.2 Å². The Morgan fingerprint density at radius 2 is 1.89 bits per heavy atom. The molecule has 5 rings (SSSR count). The third-order valence-corrected chi connectivity index (χ3v) is 6.61. The van der Waals surface area contributed by atoms with Crippen molar-refractivity contribution >= 4 is 0 Å². The van der Waals surface area contributed by atoms with E-state index >= 15 is 0 Å². The Balaban J connectivity index is 1.73. The number of ether oxygens (including phenoxy) is 2. The summed E-state index contributed by atoms with van der Waals surface area (Å²) in [5.74, 6) is 1.04. The van der Waals surface area contributed by atoms with Crippen LogP contribution in [0.3, 0.4) is 0 Å². The molecule has 0 radical (unpaired) electrons. The van der Waals surface area contributed by atoms with Crippen molar-refractivity contribution in [1.82, 2.24) is 29.3 Å². The highest BCUT2D eigenvalue weighted by Gasteiger charge is 2.36. The van der Waals surface area contributed by atoms with Gasteiger partial charge in [0.15, 0.2) is 5.69 Å². The predicted molar refractivity (Wildman–Crippen MR) is 131 cm³/mol. The summed E-state index contributed by atoms with van der Waals surface area (Å²) in [4.78, 5) is 12.7. The smallest absolute Gasteiger partial charge is 0.434 e. The van der Waals surface area contributed by atoms with Gasteiger partial charge in [-0.1, -0.05) is 12.1 Å². The molecule has 1 saturated carbocycles. The second-order valence-corrected chi connectivity index (χ2v) is 9.06. The first-order chi connectivity index (χ1) is 18.2. The third-order valence-electron chi connectivity index (χ3n) is 6.61. The molecule has 1 aromatic carbocycles. The van der Waals surface area contributed by atoms with Crippen molar-refractivity contribution in [3.8, 4) is 34.3 Å². The second kappa shape index (κ2) is 10.1. The average molecular weight is 531 g/mol. The SMILES string of the molecule is COc1ccn(C(C)c2ccc(-c3nc(C(F)(F)F)cn3CCF)cc2-c2c(OC)ncnc2C2CC2)n1. The van der Waals surface area contributed by atoms with Crippen LogP contribution in [0.2, 0.25) is 0 Å². The van der Waals surface area contributed by atoms with Crippen LogP contribution in [0, 0.1) is 0 Å². The number of alkyl halides is 4. The molecule has 3 heterocycles. The molecule has 1 aliphatic carbocycles. The number of aromatic nitrogens is 6. The molecular formula is C26H26F4N6O2. The number of imidazole rings is 1. The fraction of sp³-hybridized carbons (Fsp3) is 0.385. The molecule has 38 heavy (non-hydrogen) atoms. The quantitative estimate of drug-likeness (QED) is 0.259. The van der Waals surface area contributed by atoms with E-state index in [0.29, 0.717) is 28.5 Å². The molecule has 1 atom stereocenters. The van der Waals surface area contributed by atoms with E-state index < -0.39 is 18.5 Å². The number of methoxy groups -OCH3 is 2. The van der Waals surface area contributed by atoms with Gasteiger partial charge in [-0.15, -0.1) is 5.10 Å². The molecule has 0 spiro atoms. The summed E-state index contributed by atoms with van der Waals surface area (Å²) in [5.41, 5.74) is 2.28. The molecule has 0 bridgehead atoms. The predicted octanol–water partition coefficient (Wildman–Crippen LogP) is 5.70. The summed E-state index contributed by atoms with van der Waals surface area (Å²) in [6, 6.07) is 6.68. The molecule has 1 fully saturated rings. The van der Waals surface area contributed by atoms with Crippen LogP contribution in [0.1, 0.15) is 48.7 Å². The topological polar surface area (TPSA) is 79.9 Å². The zero-order valence-corrected chi connectivity index (χ0v) is 21.0. The van der Waals surface area contributed by atoms with Crippen molar-refractivity contribution < 1.29 is 27.0 Å². The highest BCUT2D eigenvalue weighted by Crippen LogP contribution is 2.47. The Labute approximate surface area is 216 Å². The van der Waals surface area contributed by atoms with E-state index in [1.807, 2.05) is 13.0 Å². The highest BCUT2D eigenvalue weighted by molar-refractivity contribution is 5.79. The minimum Gasteiger partial charge on any atom is -0.480 e. The van der Waals surface area contributed by atoms with Crippen molar-refractivity contribution in [3.63, 3.8) is 0 Å². The van der Waals surface area contributed by atoms with E-state index in [1.165, 1.54) is 25.1 Å². The second-order valence-electron chi connectivity index (χ2n) is 9.06. The zero-order chi connectivity index (χ0) is 27.0. The highest BCUT2D eigenvalue weighted by atomic mass is 19.4. The van der Waals surface area contributed by atoms with Crippen molar-refractivity contribution in [1.29, 1.82) is 0 Å². The van der Waals surface area contributed by atoms with Crippen molar-refractivity contribution in [2.24, 2.45) is 0 Å². The first-order valence-corrected chi connectivity index (χ1v) is 12.1. The van der Waals surface area contributed by atoms with Crippen LogP contribution in [-0.2, 0) is 12.7 Å². The first-order valence-electron chi connectivity index (χ1n) is 12.1. The van der Waals surface area contributed by atoms with E-state index in [0.717, 1.165) is 30.3 Å². The molecule has 1 aliphatic rings. The van der Waals surface area contributed by atoms with Gasteiger partial charge in [-0.25, -0.2) is 19.3 Å². The lowest BCUT2D eigenvalue weighted by Gasteiger charge is -2.21. The van der Waals surface area contributed by atoms with E-state index in [1.54, 1.807) is 29.1 Å². The van der Waals surface area contributed by atoms with Crippen LogP contribution in [0.5, 0.6) is 11.8 Å². The lowest BCUT2D eigenvalue weighted by Crippen LogP contribution is -2.11. The van der Waals surface area contributed by atoms with Crippen molar-refractivity contribution in [3.05, 3.63) is 59.9 Å². The van der Waals surface area contributed by atoms with Crippen molar-refractivity contribution in [2.45, 2.75) is 44.4 Å². The molecule has 0 saturated heterocycles. The van der Waals surface area contributed by atoms with Gasteiger partial charge in [0.1, 0.15) is 18.8 Å². The van der Waals surface area contributed by atoms with Crippen LogP contribution in [0.15, 0.2) is 43.0 Å². The minimum atomic E-state index is -4.66. The lowest BCUT2D eigenvalue weighted by molar-refractivity contribution is -0.140. The number of halogens is 4. The maximum absolute atomic E-state index is 13.5. The van der Waals surface area contributed by atoms with Gasteiger partial charge in [0, 0.05) is 29.9 Å². The molecule has 200 valence electrons. The Hall–Kier alpha value is -3.96. The van der Waals surface area contributed by atoms with Gasteiger partial charge in [0.25, 0.3) is 0 Å². The van der Waals surface area contributed by atoms with E-state index in [2.05, 4.69) is 20.1 Å². The molecule has 0 N–H and O–H groups in total. The molecule has 0 aliphatic heterocycles. The van der Waals surface area contributed by atoms with Crippen LogP contribution < -0.4 is 9.47 Å².